The molecule has 1 amide bonds. The quantitative estimate of drug-likeness (QED) is 0.848. The van der Waals surface area contributed by atoms with Crippen molar-refractivity contribution in [2.24, 2.45) is 0 Å². The van der Waals surface area contributed by atoms with Crippen LogP contribution in [0.25, 0.3) is 0 Å². The van der Waals surface area contributed by atoms with Gasteiger partial charge in [-0.2, -0.15) is 0 Å². The lowest BCUT2D eigenvalue weighted by Gasteiger charge is -1.95. The number of nitrogens with zero attached hydrogens (tertiary/aromatic N) is 2. The molecular formula is C11H11N3O2. The molecule has 2 rings (SSSR count). The molecule has 16 heavy (non-hydrogen) atoms. The van der Waals surface area contributed by atoms with Crippen LogP contribution in [-0.4, -0.2) is 16.1 Å². The summed E-state index contributed by atoms with van der Waals surface area (Å²) in [6.45, 7) is 1.39. The van der Waals surface area contributed by atoms with Crippen LogP contribution in [0.15, 0.2) is 34.7 Å². The largest absolute Gasteiger partial charge is 0.407 e. The summed E-state index contributed by atoms with van der Waals surface area (Å²) < 4.78 is 5.24. The van der Waals surface area contributed by atoms with Crippen LogP contribution in [0.5, 0.6) is 0 Å². The summed E-state index contributed by atoms with van der Waals surface area (Å²) in [7, 11) is 0. The van der Waals surface area contributed by atoms with Crippen molar-refractivity contribution < 1.29 is 9.21 Å². The number of aromatic nitrogens is 2. The molecule has 0 aliphatic carbocycles. The Morgan fingerprint density at radius 1 is 1.31 bits per heavy atom. The van der Waals surface area contributed by atoms with Gasteiger partial charge in [-0.15, -0.1) is 5.10 Å². The topological polar surface area (TPSA) is 68.0 Å². The van der Waals surface area contributed by atoms with Gasteiger partial charge < -0.3 is 4.42 Å². The highest BCUT2D eigenvalue weighted by Crippen LogP contribution is 2.10. The number of benzene rings is 1. The van der Waals surface area contributed by atoms with Crippen molar-refractivity contribution in [2.45, 2.75) is 13.3 Å². The van der Waals surface area contributed by atoms with Gasteiger partial charge in [-0.25, -0.2) is 0 Å². The molecule has 0 aliphatic heterocycles. The molecule has 0 unspecified atom stereocenters. The van der Waals surface area contributed by atoms with E-state index in [1.807, 2.05) is 30.3 Å². The first-order valence-corrected chi connectivity index (χ1v) is 4.88. The van der Waals surface area contributed by atoms with Gasteiger partial charge in [0.2, 0.25) is 11.8 Å². The SMILES string of the molecule is CC(=O)Nc1nnc(Cc2ccccc2)o1. The molecule has 0 atom stereocenters. The van der Waals surface area contributed by atoms with Crippen LogP contribution in [0.1, 0.15) is 18.4 Å². The zero-order valence-corrected chi connectivity index (χ0v) is 8.80. The fraction of sp³-hybridized carbons (Fsp3) is 0.182. The van der Waals surface area contributed by atoms with E-state index in [9.17, 15) is 4.79 Å². The molecule has 0 aliphatic rings. The summed E-state index contributed by atoms with van der Waals surface area (Å²) in [5.74, 6) is 0.255. The second kappa shape index (κ2) is 4.57. The summed E-state index contributed by atoms with van der Waals surface area (Å²) in [5, 5.41) is 9.97. The highest BCUT2D eigenvalue weighted by molar-refractivity contribution is 5.86. The van der Waals surface area contributed by atoms with Crippen LogP contribution in [0.4, 0.5) is 6.01 Å². The molecule has 0 saturated carbocycles. The van der Waals surface area contributed by atoms with Gasteiger partial charge in [-0.1, -0.05) is 35.4 Å². The molecule has 0 saturated heterocycles. The molecule has 2 aromatic rings. The number of carbonyl (C=O) groups is 1. The molecule has 5 nitrogen and oxygen atoms in total. The van der Waals surface area contributed by atoms with Crippen LogP contribution >= 0.6 is 0 Å². The van der Waals surface area contributed by atoms with E-state index in [1.54, 1.807) is 0 Å². The Balaban J connectivity index is 2.06. The zero-order valence-electron chi connectivity index (χ0n) is 8.80. The summed E-state index contributed by atoms with van der Waals surface area (Å²) in [6, 6.07) is 9.92. The third kappa shape index (κ3) is 2.66. The van der Waals surface area contributed by atoms with Gasteiger partial charge in [0.15, 0.2) is 0 Å². The van der Waals surface area contributed by atoms with E-state index in [0.29, 0.717) is 12.3 Å². The van der Waals surface area contributed by atoms with Gasteiger partial charge in [0, 0.05) is 6.92 Å². The fourth-order valence-corrected chi connectivity index (χ4v) is 1.30. The van der Waals surface area contributed by atoms with Gasteiger partial charge >= 0.3 is 6.01 Å². The summed E-state index contributed by atoms with van der Waals surface area (Å²) in [4.78, 5) is 10.7. The van der Waals surface area contributed by atoms with Gasteiger partial charge in [0.1, 0.15) is 0 Å². The highest BCUT2D eigenvalue weighted by atomic mass is 16.4. The Kier molecular flexibility index (Phi) is 2.95. The first-order chi connectivity index (χ1) is 7.74. The molecule has 0 radical (unpaired) electrons. The van der Waals surface area contributed by atoms with Crippen LogP contribution in [0.2, 0.25) is 0 Å². The molecule has 0 fully saturated rings. The number of nitrogens with one attached hydrogen (secondary N) is 1. The van der Waals surface area contributed by atoms with Crippen molar-refractivity contribution in [3.05, 3.63) is 41.8 Å². The minimum absolute atomic E-state index is 0.137. The Hall–Kier alpha value is -2.17. The summed E-state index contributed by atoms with van der Waals surface area (Å²) in [5.41, 5.74) is 1.08. The summed E-state index contributed by atoms with van der Waals surface area (Å²) in [6.07, 6.45) is 0.563. The van der Waals surface area contributed by atoms with Crippen molar-refractivity contribution in [3.63, 3.8) is 0 Å². The lowest BCUT2D eigenvalue weighted by atomic mass is 10.2. The Morgan fingerprint density at radius 2 is 2.06 bits per heavy atom. The van der Waals surface area contributed by atoms with E-state index in [4.69, 9.17) is 4.42 Å². The molecule has 1 aromatic carbocycles. The number of amides is 1. The normalized spacial score (nSPS) is 10.1. The first-order valence-electron chi connectivity index (χ1n) is 4.88. The number of carbonyl (C=O) groups excluding carboxylic acids is 1. The third-order valence-electron chi connectivity index (χ3n) is 1.95. The van der Waals surface area contributed by atoms with E-state index in [2.05, 4.69) is 15.5 Å². The molecular weight excluding hydrogens is 206 g/mol. The maximum absolute atomic E-state index is 10.7. The number of hydrogen-bond donors (Lipinski definition) is 1. The third-order valence-corrected chi connectivity index (χ3v) is 1.95. The molecule has 1 aromatic heterocycles. The average molecular weight is 217 g/mol. The zero-order chi connectivity index (χ0) is 11.4. The van der Waals surface area contributed by atoms with Gasteiger partial charge in [0.25, 0.3) is 0 Å². The predicted molar refractivity (Wildman–Crippen MR) is 57.8 cm³/mol. The smallest absolute Gasteiger partial charge is 0.322 e. The molecule has 0 spiro atoms. The average Bonchev–Trinajstić information content (AvgIpc) is 2.66. The van der Waals surface area contributed by atoms with Crippen molar-refractivity contribution >= 4 is 11.9 Å². The van der Waals surface area contributed by atoms with Crippen molar-refractivity contribution in [2.75, 3.05) is 5.32 Å². The lowest BCUT2D eigenvalue weighted by Crippen LogP contribution is -2.05. The number of hydrogen-bond acceptors (Lipinski definition) is 4. The Morgan fingerprint density at radius 3 is 2.75 bits per heavy atom. The standard InChI is InChI=1S/C11H11N3O2/c1-8(15)12-11-14-13-10(16-11)7-9-5-3-2-4-6-9/h2-6H,7H2,1H3,(H,12,14,15). The number of anilines is 1. The van der Waals surface area contributed by atoms with Gasteiger partial charge in [-0.3, -0.25) is 10.1 Å². The van der Waals surface area contributed by atoms with Crippen LogP contribution in [0.3, 0.4) is 0 Å². The van der Waals surface area contributed by atoms with Crippen LogP contribution in [-0.2, 0) is 11.2 Å². The highest BCUT2D eigenvalue weighted by Gasteiger charge is 2.07. The van der Waals surface area contributed by atoms with Gasteiger partial charge in [-0.05, 0) is 5.56 Å². The molecule has 1 N–H and O–H groups in total. The van der Waals surface area contributed by atoms with Crippen LogP contribution in [0, 0.1) is 0 Å². The molecule has 1 heterocycles. The van der Waals surface area contributed by atoms with E-state index in [1.165, 1.54) is 6.92 Å². The Bertz CT molecular complexity index is 479. The second-order valence-electron chi connectivity index (χ2n) is 3.34. The minimum atomic E-state index is -0.227. The molecule has 82 valence electrons. The first kappa shape index (κ1) is 10.4. The lowest BCUT2D eigenvalue weighted by molar-refractivity contribution is -0.114. The maximum Gasteiger partial charge on any atom is 0.322 e. The fourth-order valence-electron chi connectivity index (χ4n) is 1.30. The molecule has 5 heteroatoms. The van der Waals surface area contributed by atoms with Crippen molar-refractivity contribution in [3.8, 4) is 0 Å². The predicted octanol–water partition coefficient (Wildman–Crippen LogP) is 1.62. The van der Waals surface area contributed by atoms with Crippen molar-refractivity contribution in [1.82, 2.24) is 10.2 Å². The monoisotopic (exact) mass is 217 g/mol. The minimum Gasteiger partial charge on any atom is -0.407 e. The maximum atomic E-state index is 10.7. The van der Waals surface area contributed by atoms with Crippen molar-refractivity contribution in [1.29, 1.82) is 0 Å². The summed E-state index contributed by atoms with van der Waals surface area (Å²) >= 11 is 0. The van der Waals surface area contributed by atoms with Gasteiger partial charge in [0.05, 0.1) is 6.42 Å². The van der Waals surface area contributed by atoms with E-state index in [0.717, 1.165) is 5.56 Å². The molecule has 0 bridgehead atoms. The van der Waals surface area contributed by atoms with Crippen LogP contribution < -0.4 is 5.32 Å². The Labute approximate surface area is 92.5 Å². The van der Waals surface area contributed by atoms with E-state index in [-0.39, 0.29) is 11.9 Å². The second-order valence-corrected chi connectivity index (χ2v) is 3.34. The van der Waals surface area contributed by atoms with E-state index < -0.39 is 0 Å². The van der Waals surface area contributed by atoms with E-state index >= 15 is 0 Å². The number of rotatable bonds is 3.